The first-order valence-electron chi connectivity index (χ1n) is 4.86. The molecule has 2 rings (SSSR count). The zero-order valence-electron chi connectivity index (χ0n) is 8.49. The molecular weight excluding hydrogens is 202 g/mol. The summed E-state index contributed by atoms with van der Waals surface area (Å²) in [4.78, 5) is 24.7. The molecule has 0 aliphatic carbocycles. The van der Waals surface area contributed by atoms with E-state index in [4.69, 9.17) is 0 Å². The minimum atomic E-state index is -0.0345. The van der Waals surface area contributed by atoms with E-state index in [1.54, 1.807) is 18.3 Å². The number of carbonyl (C=O) groups is 1. The van der Waals surface area contributed by atoms with Gasteiger partial charge in [0, 0.05) is 23.2 Å². The first-order valence-corrected chi connectivity index (χ1v) is 4.86. The Hall–Kier alpha value is -2.34. The molecule has 16 heavy (non-hydrogen) atoms. The number of benzene rings is 1. The van der Waals surface area contributed by atoms with E-state index in [2.05, 4.69) is 16.8 Å². The molecule has 0 saturated carbocycles. The number of pyridine rings is 1. The van der Waals surface area contributed by atoms with Gasteiger partial charge in [0.25, 0.3) is 0 Å². The molecule has 1 aromatic heterocycles. The molecule has 1 aromatic carbocycles. The number of carbonyl (C=O) groups excluding carboxylic acids is 1. The Morgan fingerprint density at radius 1 is 1.31 bits per heavy atom. The van der Waals surface area contributed by atoms with Gasteiger partial charge in [0.15, 0.2) is 5.43 Å². The first kappa shape index (κ1) is 10.2. The molecular formula is C13H9NO2. The molecule has 0 saturated heterocycles. The minimum Gasteiger partial charge on any atom is -0.360 e. The number of H-pyrrole nitrogens is 1. The normalized spacial score (nSPS) is 9.50. The number of rotatable bonds is 1. The summed E-state index contributed by atoms with van der Waals surface area (Å²) in [6, 6.07) is 6.82. The molecule has 0 spiro atoms. The largest absolute Gasteiger partial charge is 0.360 e. The molecule has 0 aliphatic rings. The summed E-state index contributed by atoms with van der Waals surface area (Å²) in [6.45, 7) is 0. The molecule has 1 N–H and O–H groups in total. The third-order valence-electron chi connectivity index (χ3n) is 2.20. The van der Waals surface area contributed by atoms with E-state index in [-0.39, 0.29) is 11.8 Å². The molecule has 78 valence electrons. The molecule has 0 atom stereocenters. The predicted octanol–water partition coefficient (Wildman–Crippen LogP) is 1.47. The molecule has 0 unspecified atom stereocenters. The maximum atomic E-state index is 11.5. The summed E-state index contributed by atoms with van der Waals surface area (Å²) >= 11 is 0. The van der Waals surface area contributed by atoms with Crippen molar-refractivity contribution in [1.29, 1.82) is 0 Å². The fourth-order valence-electron chi connectivity index (χ4n) is 1.50. The minimum absolute atomic E-state index is 0.0345. The lowest BCUT2D eigenvalue weighted by Gasteiger charge is -1.98. The second-order valence-electron chi connectivity index (χ2n) is 3.24. The van der Waals surface area contributed by atoms with Crippen LogP contribution >= 0.6 is 0 Å². The average molecular weight is 211 g/mol. The smallest absolute Gasteiger partial charge is 0.189 e. The van der Waals surface area contributed by atoms with Crippen molar-refractivity contribution in [3.8, 4) is 11.8 Å². The molecule has 0 bridgehead atoms. The summed E-state index contributed by atoms with van der Waals surface area (Å²) in [7, 11) is 0. The molecule has 0 aliphatic heterocycles. The number of aromatic amines is 1. The van der Waals surface area contributed by atoms with Crippen LogP contribution in [0, 0.1) is 11.8 Å². The summed E-state index contributed by atoms with van der Waals surface area (Å²) in [5, 5.41) is 0.611. The van der Waals surface area contributed by atoms with E-state index in [0.29, 0.717) is 10.9 Å². The van der Waals surface area contributed by atoms with Gasteiger partial charge in [-0.3, -0.25) is 4.79 Å². The second-order valence-corrected chi connectivity index (χ2v) is 3.24. The van der Waals surface area contributed by atoms with Gasteiger partial charge in [-0.25, -0.2) is 0 Å². The maximum absolute atomic E-state index is 11.5. The third kappa shape index (κ3) is 1.86. The van der Waals surface area contributed by atoms with E-state index >= 15 is 0 Å². The second kappa shape index (κ2) is 4.45. The Labute approximate surface area is 92.1 Å². The van der Waals surface area contributed by atoms with Crippen LogP contribution in [0.5, 0.6) is 0 Å². The Balaban J connectivity index is 2.64. The van der Waals surface area contributed by atoms with Gasteiger partial charge >= 0.3 is 0 Å². The van der Waals surface area contributed by atoms with Crippen molar-refractivity contribution < 1.29 is 4.79 Å². The number of aldehydes is 1. The molecule has 0 radical (unpaired) electrons. The van der Waals surface area contributed by atoms with Gasteiger partial charge in [0.05, 0.1) is 11.9 Å². The number of hydrogen-bond acceptors (Lipinski definition) is 2. The van der Waals surface area contributed by atoms with Crippen molar-refractivity contribution in [2.75, 3.05) is 0 Å². The van der Waals surface area contributed by atoms with Crippen LogP contribution in [-0.4, -0.2) is 11.3 Å². The lowest BCUT2D eigenvalue weighted by Crippen LogP contribution is -2.00. The molecule has 3 nitrogen and oxygen atoms in total. The van der Waals surface area contributed by atoms with Gasteiger partial charge in [-0.2, -0.15) is 0 Å². The van der Waals surface area contributed by atoms with Crippen LogP contribution in [0.2, 0.25) is 0 Å². The Bertz CT molecular complexity index is 644. The van der Waals surface area contributed by atoms with Crippen molar-refractivity contribution in [3.05, 3.63) is 46.2 Å². The summed E-state index contributed by atoms with van der Waals surface area (Å²) in [6.07, 6.45) is 2.55. The SMILES string of the molecule is O=CCC#Cc1cccc2c(=O)cc[nH]c12. The monoisotopic (exact) mass is 211 g/mol. The Morgan fingerprint density at radius 2 is 2.19 bits per heavy atom. The summed E-state index contributed by atoms with van der Waals surface area (Å²) < 4.78 is 0. The molecule has 0 amide bonds. The van der Waals surface area contributed by atoms with Crippen LogP contribution in [0.4, 0.5) is 0 Å². The van der Waals surface area contributed by atoms with Gasteiger partial charge in [0.2, 0.25) is 0 Å². The number of aromatic nitrogens is 1. The van der Waals surface area contributed by atoms with Gasteiger partial charge in [0.1, 0.15) is 6.29 Å². The van der Waals surface area contributed by atoms with Crippen LogP contribution in [0.25, 0.3) is 10.9 Å². The van der Waals surface area contributed by atoms with E-state index in [1.165, 1.54) is 6.07 Å². The fraction of sp³-hybridized carbons (Fsp3) is 0.0769. The average Bonchev–Trinajstić information content (AvgIpc) is 2.31. The van der Waals surface area contributed by atoms with Gasteiger partial charge in [-0.05, 0) is 12.1 Å². The number of fused-ring (bicyclic) bond motifs is 1. The Morgan fingerprint density at radius 3 is 3.00 bits per heavy atom. The van der Waals surface area contributed by atoms with Crippen LogP contribution in [-0.2, 0) is 4.79 Å². The van der Waals surface area contributed by atoms with Crippen molar-refractivity contribution in [2.45, 2.75) is 6.42 Å². The zero-order chi connectivity index (χ0) is 11.4. The summed E-state index contributed by atoms with van der Waals surface area (Å²) in [5.74, 6) is 5.59. The number of hydrogen-bond donors (Lipinski definition) is 1. The first-order chi connectivity index (χ1) is 7.83. The van der Waals surface area contributed by atoms with Crippen LogP contribution in [0.15, 0.2) is 35.3 Å². The van der Waals surface area contributed by atoms with Crippen LogP contribution in [0.3, 0.4) is 0 Å². The van der Waals surface area contributed by atoms with Gasteiger partial charge in [-0.15, -0.1) is 0 Å². The number of nitrogens with one attached hydrogen (secondary N) is 1. The fourth-order valence-corrected chi connectivity index (χ4v) is 1.50. The third-order valence-corrected chi connectivity index (χ3v) is 2.20. The quantitative estimate of drug-likeness (QED) is 0.573. The van der Waals surface area contributed by atoms with Gasteiger partial charge in [-0.1, -0.05) is 17.9 Å². The van der Waals surface area contributed by atoms with Crippen LogP contribution in [0.1, 0.15) is 12.0 Å². The highest BCUT2D eigenvalue weighted by Crippen LogP contribution is 2.11. The van der Waals surface area contributed by atoms with Crippen LogP contribution < -0.4 is 5.43 Å². The highest BCUT2D eigenvalue weighted by Gasteiger charge is 2.00. The molecule has 2 aromatic rings. The van der Waals surface area contributed by atoms with Crippen molar-refractivity contribution in [1.82, 2.24) is 4.98 Å². The van der Waals surface area contributed by atoms with Crippen molar-refractivity contribution in [2.24, 2.45) is 0 Å². The topological polar surface area (TPSA) is 49.9 Å². The predicted molar refractivity (Wildman–Crippen MR) is 62.1 cm³/mol. The summed E-state index contributed by atoms with van der Waals surface area (Å²) in [5.41, 5.74) is 1.42. The van der Waals surface area contributed by atoms with E-state index < -0.39 is 0 Å². The van der Waals surface area contributed by atoms with E-state index in [1.807, 2.05) is 6.07 Å². The lowest BCUT2D eigenvalue weighted by molar-refractivity contribution is -0.107. The van der Waals surface area contributed by atoms with E-state index in [9.17, 15) is 9.59 Å². The lowest BCUT2D eigenvalue weighted by atomic mass is 10.1. The molecule has 0 fully saturated rings. The van der Waals surface area contributed by atoms with Gasteiger partial charge < -0.3 is 9.78 Å². The maximum Gasteiger partial charge on any atom is 0.189 e. The highest BCUT2D eigenvalue weighted by atomic mass is 16.1. The zero-order valence-corrected chi connectivity index (χ0v) is 8.49. The van der Waals surface area contributed by atoms with Crippen molar-refractivity contribution in [3.63, 3.8) is 0 Å². The van der Waals surface area contributed by atoms with E-state index in [0.717, 1.165) is 11.8 Å². The molecule has 1 heterocycles. The number of para-hydroxylation sites is 1. The standard InChI is InChI=1S/C13H9NO2/c15-9-2-1-4-10-5-3-6-11-12(16)7-8-14-13(10)11/h3,5-9H,2H2,(H,14,16). The Kier molecular flexibility index (Phi) is 2.84. The highest BCUT2D eigenvalue weighted by molar-refractivity contribution is 5.84. The van der Waals surface area contributed by atoms with Crippen molar-refractivity contribution >= 4 is 17.2 Å². The molecule has 3 heteroatoms.